The molecule has 1 aromatic rings. The molecule has 1 aromatic heterocycles. The van der Waals surface area contributed by atoms with Crippen LogP contribution in [0, 0.1) is 22.7 Å². The molecule has 0 atom stereocenters. The highest BCUT2D eigenvalue weighted by Crippen LogP contribution is 2.05. The first-order valence-corrected chi connectivity index (χ1v) is 5.22. The summed E-state index contributed by atoms with van der Waals surface area (Å²) in [6, 6.07) is 7.22. The van der Waals surface area contributed by atoms with Gasteiger partial charge in [-0.1, -0.05) is 0 Å². The molecule has 0 saturated carbocycles. The van der Waals surface area contributed by atoms with Crippen molar-refractivity contribution >= 4 is 5.91 Å². The van der Waals surface area contributed by atoms with Crippen molar-refractivity contribution in [1.29, 1.82) is 10.5 Å². The molecule has 0 N–H and O–H groups in total. The van der Waals surface area contributed by atoms with Crippen LogP contribution >= 0.6 is 0 Å². The summed E-state index contributed by atoms with van der Waals surface area (Å²) in [5.41, 5.74) is 0.524. The van der Waals surface area contributed by atoms with Crippen LogP contribution in [0.25, 0.3) is 0 Å². The van der Waals surface area contributed by atoms with Gasteiger partial charge in [-0.25, -0.2) is 0 Å². The highest BCUT2D eigenvalue weighted by Gasteiger charge is 2.14. The summed E-state index contributed by atoms with van der Waals surface area (Å²) in [7, 11) is 0. The summed E-state index contributed by atoms with van der Waals surface area (Å²) < 4.78 is 0. The molecule has 0 bridgehead atoms. The molecular weight excluding hydrogens is 216 g/mol. The monoisotopic (exact) mass is 228 g/mol. The molecule has 0 spiro atoms. The maximum atomic E-state index is 12.0. The zero-order valence-corrected chi connectivity index (χ0v) is 9.33. The van der Waals surface area contributed by atoms with Crippen LogP contribution in [0.3, 0.4) is 0 Å². The SMILES string of the molecule is N#CCCN(CCC#N)C(=O)c1ccncc1. The molecule has 5 nitrogen and oxygen atoms in total. The number of pyridine rings is 1. The third-order valence-electron chi connectivity index (χ3n) is 2.20. The molecule has 0 aliphatic carbocycles. The number of hydrogen-bond acceptors (Lipinski definition) is 4. The standard InChI is InChI=1S/C12H12N4O/c13-5-1-9-16(10-2-6-14)12(17)11-3-7-15-8-4-11/h3-4,7-8H,1-2,9-10H2. The molecule has 0 unspecified atom stereocenters. The highest BCUT2D eigenvalue weighted by molar-refractivity contribution is 5.94. The molecule has 0 radical (unpaired) electrons. The first-order chi connectivity index (χ1) is 8.29. The van der Waals surface area contributed by atoms with E-state index in [0.717, 1.165) is 0 Å². The van der Waals surface area contributed by atoms with E-state index >= 15 is 0 Å². The summed E-state index contributed by atoms with van der Waals surface area (Å²) >= 11 is 0. The molecule has 0 aliphatic rings. The average molecular weight is 228 g/mol. The maximum Gasteiger partial charge on any atom is 0.254 e. The van der Waals surface area contributed by atoms with Crippen molar-refractivity contribution in [2.75, 3.05) is 13.1 Å². The first kappa shape index (κ1) is 12.7. The second-order valence-corrected chi connectivity index (χ2v) is 3.34. The molecule has 86 valence electrons. The van der Waals surface area contributed by atoms with Gasteiger partial charge in [-0.3, -0.25) is 9.78 Å². The van der Waals surface area contributed by atoms with Gasteiger partial charge in [-0.2, -0.15) is 10.5 Å². The van der Waals surface area contributed by atoms with E-state index in [4.69, 9.17) is 10.5 Å². The second kappa shape index (κ2) is 6.97. The van der Waals surface area contributed by atoms with Gasteiger partial charge in [-0.15, -0.1) is 0 Å². The number of hydrogen-bond donors (Lipinski definition) is 0. The molecule has 0 saturated heterocycles. The number of rotatable bonds is 5. The summed E-state index contributed by atoms with van der Waals surface area (Å²) in [6.07, 6.45) is 3.62. The highest BCUT2D eigenvalue weighted by atomic mass is 16.2. The molecule has 5 heteroatoms. The summed E-state index contributed by atoms with van der Waals surface area (Å²) in [6.45, 7) is 0.693. The molecule has 1 amide bonds. The average Bonchev–Trinajstić information content (AvgIpc) is 2.39. The van der Waals surface area contributed by atoms with Crippen molar-refractivity contribution in [3.63, 3.8) is 0 Å². The van der Waals surface area contributed by atoms with Gasteiger partial charge in [0.25, 0.3) is 5.91 Å². The Morgan fingerprint density at radius 2 is 1.71 bits per heavy atom. The third-order valence-corrected chi connectivity index (χ3v) is 2.20. The largest absolute Gasteiger partial charge is 0.337 e. The van der Waals surface area contributed by atoms with Crippen LogP contribution in [-0.2, 0) is 0 Å². The van der Waals surface area contributed by atoms with Crippen molar-refractivity contribution in [3.05, 3.63) is 30.1 Å². The molecule has 17 heavy (non-hydrogen) atoms. The van der Waals surface area contributed by atoms with E-state index in [2.05, 4.69) is 4.98 Å². The Morgan fingerprint density at radius 1 is 1.18 bits per heavy atom. The normalized spacial score (nSPS) is 9.06. The summed E-state index contributed by atoms with van der Waals surface area (Å²) in [4.78, 5) is 17.4. The minimum absolute atomic E-state index is 0.169. The van der Waals surface area contributed by atoms with E-state index in [-0.39, 0.29) is 18.7 Å². The first-order valence-electron chi connectivity index (χ1n) is 5.22. The molecule has 1 rings (SSSR count). The van der Waals surface area contributed by atoms with E-state index in [0.29, 0.717) is 18.7 Å². The minimum atomic E-state index is -0.169. The van der Waals surface area contributed by atoms with E-state index in [1.807, 2.05) is 12.1 Å². The maximum absolute atomic E-state index is 12.0. The second-order valence-electron chi connectivity index (χ2n) is 3.34. The lowest BCUT2D eigenvalue weighted by molar-refractivity contribution is 0.0762. The number of nitrogens with zero attached hydrogens (tertiary/aromatic N) is 4. The Hall–Kier alpha value is -2.40. The van der Waals surface area contributed by atoms with Gasteiger partial charge in [0, 0.05) is 31.0 Å². The van der Waals surface area contributed by atoms with Crippen LogP contribution in [0.5, 0.6) is 0 Å². The van der Waals surface area contributed by atoms with Crippen molar-refractivity contribution < 1.29 is 4.79 Å². The van der Waals surface area contributed by atoms with E-state index in [1.54, 1.807) is 24.5 Å². The number of aromatic nitrogens is 1. The van der Waals surface area contributed by atoms with E-state index in [1.165, 1.54) is 4.90 Å². The summed E-state index contributed by atoms with van der Waals surface area (Å²) in [5.74, 6) is -0.169. The van der Waals surface area contributed by atoms with Crippen LogP contribution in [0.15, 0.2) is 24.5 Å². The van der Waals surface area contributed by atoms with Crippen LogP contribution in [-0.4, -0.2) is 28.9 Å². The quantitative estimate of drug-likeness (QED) is 0.761. The lowest BCUT2D eigenvalue weighted by Crippen LogP contribution is -2.32. The van der Waals surface area contributed by atoms with Gasteiger partial charge in [0.15, 0.2) is 0 Å². The summed E-state index contributed by atoms with van der Waals surface area (Å²) in [5, 5.41) is 17.1. The molecule has 0 aromatic carbocycles. The van der Waals surface area contributed by atoms with Crippen LogP contribution in [0.2, 0.25) is 0 Å². The fourth-order valence-electron chi connectivity index (χ4n) is 1.36. The Morgan fingerprint density at radius 3 is 2.18 bits per heavy atom. The Kier molecular flexibility index (Phi) is 5.19. The van der Waals surface area contributed by atoms with Crippen LogP contribution < -0.4 is 0 Å². The molecule has 1 heterocycles. The fraction of sp³-hybridized carbons (Fsp3) is 0.333. The lowest BCUT2D eigenvalue weighted by atomic mass is 10.2. The van der Waals surface area contributed by atoms with Crippen molar-refractivity contribution in [2.24, 2.45) is 0 Å². The fourth-order valence-corrected chi connectivity index (χ4v) is 1.36. The predicted octanol–water partition coefficient (Wildman–Crippen LogP) is 1.35. The van der Waals surface area contributed by atoms with E-state index in [9.17, 15) is 4.79 Å². The Labute approximate surface area is 99.9 Å². The Balaban J connectivity index is 2.73. The minimum Gasteiger partial charge on any atom is -0.337 e. The van der Waals surface area contributed by atoms with Gasteiger partial charge in [0.2, 0.25) is 0 Å². The number of amides is 1. The molecule has 0 fully saturated rings. The number of carbonyl (C=O) groups is 1. The smallest absolute Gasteiger partial charge is 0.254 e. The van der Waals surface area contributed by atoms with Gasteiger partial charge in [0.05, 0.1) is 25.0 Å². The predicted molar refractivity (Wildman–Crippen MR) is 60.6 cm³/mol. The topological polar surface area (TPSA) is 80.8 Å². The zero-order valence-electron chi connectivity index (χ0n) is 9.33. The van der Waals surface area contributed by atoms with Crippen molar-refractivity contribution in [1.82, 2.24) is 9.88 Å². The Bertz CT molecular complexity index is 426. The van der Waals surface area contributed by atoms with Gasteiger partial charge >= 0.3 is 0 Å². The van der Waals surface area contributed by atoms with E-state index < -0.39 is 0 Å². The zero-order chi connectivity index (χ0) is 12.5. The van der Waals surface area contributed by atoms with Crippen LogP contribution in [0.1, 0.15) is 23.2 Å². The van der Waals surface area contributed by atoms with Gasteiger partial charge in [0.1, 0.15) is 0 Å². The third kappa shape index (κ3) is 3.92. The number of carbonyl (C=O) groups excluding carboxylic acids is 1. The van der Waals surface area contributed by atoms with Crippen molar-refractivity contribution in [3.8, 4) is 12.1 Å². The van der Waals surface area contributed by atoms with Gasteiger partial charge in [-0.05, 0) is 12.1 Å². The van der Waals surface area contributed by atoms with Gasteiger partial charge < -0.3 is 4.90 Å². The van der Waals surface area contributed by atoms with Crippen LogP contribution in [0.4, 0.5) is 0 Å². The molecule has 0 aliphatic heterocycles. The lowest BCUT2D eigenvalue weighted by Gasteiger charge is -2.20. The van der Waals surface area contributed by atoms with Crippen molar-refractivity contribution in [2.45, 2.75) is 12.8 Å². The number of nitriles is 2. The molecular formula is C12H12N4O.